The van der Waals surface area contributed by atoms with Crippen LogP contribution in [-0.4, -0.2) is 13.2 Å². The summed E-state index contributed by atoms with van der Waals surface area (Å²) < 4.78 is 56.9. The third-order valence-electron chi connectivity index (χ3n) is 8.12. The Morgan fingerprint density at radius 2 is 0.973 bits per heavy atom. The van der Waals surface area contributed by atoms with E-state index in [0.29, 0.717) is 11.8 Å². The Morgan fingerprint density at radius 1 is 0.595 bits per heavy atom. The minimum Gasteiger partial charge on any atom is -0.435 e. The maximum Gasteiger partial charge on any atom is 0.387 e. The van der Waals surface area contributed by atoms with Gasteiger partial charge in [0.05, 0.1) is 0 Å². The summed E-state index contributed by atoms with van der Waals surface area (Å²) in [5.41, 5.74) is 2.52. The van der Waals surface area contributed by atoms with Gasteiger partial charge in [0.1, 0.15) is 11.5 Å². The molecular weight excluding hydrogens is 480 g/mol. The second kappa shape index (κ2) is 15.2. The van der Waals surface area contributed by atoms with Gasteiger partial charge >= 0.3 is 13.2 Å². The van der Waals surface area contributed by atoms with Crippen LogP contribution in [0.5, 0.6) is 11.5 Å². The summed E-state index contributed by atoms with van der Waals surface area (Å²) >= 11 is 0. The molecule has 2 fully saturated rings. The fourth-order valence-electron chi connectivity index (χ4n) is 5.94. The number of rotatable bonds is 9. The van der Waals surface area contributed by atoms with E-state index >= 15 is 0 Å². The predicted molar refractivity (Wildman–Crippen MR) is 141 cm³/mol. The van der Waals surface area contributed by atoms with E-state index in [2.05, 4.69) is 23.3 Å². The van der Waals surface area contributed by atoms with Gasteiger partial charge in [0, 0.05) is 0 Å². The van der Waals surface area contributed by atoms with Crippen molar-refractivity contribution >= 4 is 0 Å². The van der Waals surface area contributed by atoms with Crippen molar-refractivity contribution in [3.05, 3.63) is 59.7 Å². The molecule has 2 aliphatic rings. The smallest absolute Gasteiger partial charge is 0.387 e. The van der Waals surface area contributed by atoms with Gasteiger partial charge < -0.3 is 9.47 Å². The molecule has 0 aromatic heterocycles. The Bertz CT molecular complexity index is 869. The van der Waals surface area contributed by atoms with Crippen LogP contribution >= 0.6 is 0 Å². The maximum absolute atomic E-state index is 12.1. The largest absolute Gasteiger partial charge is 0.435 e. The Morgan fingerprint density at radius 3 is 1.30 bits per heavy atom. The lowest BCUT2D eigenvalue weighted by atomic mass is 9.77. The first-order valence-corrected chi connectivity index (χ1v) is 14.0. The average molecular weight is 523 g/mol. The van der Waals surface area contributed by atoms with E-state index in [1.54, 1.807) is 24.3 Å². The highest BCUT2D eigenvalue weighted by molar-refractivity contribution is 5.30. The van der Waals surface area contributed by atoms with Crippen LogP contribution in [0.1, 0.15) is 107 Å². The van der Waals surface area contributed by atoms with Gasteiger partial charge in [0.15, 0.2) is 0 Å². The summed E-state index contributed by atoms with van der Waals surface area (Å²) in [5, 5.41) is 0. The summed E-state index contributed by atoms with van der Waals surface area (Å²) in [6.45, 7) is -0.985. The van der Waals surface area contributed by atoms with E-state index in [1.807, 2.05) is 24.3 Å². The molecule has 0 unspecified atom stereocenters. The molecule has 0 atom stereocenters. The predicted octanol–water partition coefficient (Wildman–Crippen LogP) is 10.3. The van der Waals surface area contributed by atoms with Gasteiger partial charge in [0.2, 0.25) is 0 Å². The first-order valence-electron chi connectivity index (χ1n) is 14.0. The Kier molecular flexibility index (Phi) is 12.1. The summed E-state index contributed by atoms with van der Waals surface area (Å²) in [5.74, 6) is 3.45. The zero-order valence-electron chi connectivity index (χ0n) is 22.2. The molecule has 4 rings (SSSR count). The third-order valence-corrected chi connectivity index (χ3v) is 8.12. The van der Waals surface area contributed by atoms with Crippen LogP contribution in [-0.2, 0) is 0 Å². The molecule has 0 aliphatic heterocycles. The second-order valence-corrected chi connectivity index (χ2v) is 10.5. The van der Waals surface area contributed by atoms with Gasteiger partial charge in [-0.2, -0.15) is 17.6 Å². The molecule has 37 heavy (non-hydrogen) atoms. The molecule has 2 saturated carbocycles. The van der Waals surface area contributed by atoms with Gasteiger partial charge in [0.25, 0.3) is 0 Å². The number of benzene rings is 2. The summed E-state index contributed by atoms with van der Waals surface area (Å²) in [7, 11) is 0. The quantitative estimate of drug-likeness (QED) is 0.305. The van der Waals surface area contributed by atoms with Gasteiger partial charge in [-0.1, -0.05) is 57.4 Å². The zero-order chi connectivity index (χ0) is 26.6. The fraction of sp³-hybridized carbons (Fsp3) is 0.613. The van der Waals surface area contributed by atoms with Crippen LogP contribution in [0, 0.1) is 11.8 Å². The molecule has 0 amide bonds. The molecule has 2 nitrogen and oxygen atoms in total. The highest BCUT2D eigenvalue weighted by atomic mass is 19.3. The van der Waals surface area contributed by atoms with Crippen LogP contribution in [0.4, 0.5) is 17.6 Å². The molecule has 6 heteroatoms. The van der Waals surface area contributed by atoms with Crippen molar-refractivity contribution in [3.8, 4) is 11.5 Å². The lowest BCUT2D eigenvalue weighted by Gasteiger charge is -2.28. The molecular formula is C31H42F4O2. The Labute approximate surface area is 219 Å². The van der Waals surface area contributed by atoms with Gasteiger partial charge in [-0.15, -0.1) is 0 Å². The zero-order valence-corrected chi connectivity index (χ0v) is 22.2. The van der Waals surface area contributed by atoms with Crippen molar-refractivity contribution in [2.24, 2.45) is 11.8 Å². The Balaban J connectivity index is 0.000000206. The first kappa shape index (κ1) is 29.3. The van der Waals surface area contributed by atoms with E-state index in [1.165, 1.54) is 81.8 Å². The van der Waals surface area contributed by atoms with Crippen LogP contribution in [0.2, 0.25) is 0 Å². The molecule has 206 valence electrons. The molecule has 2 aliphatic carbocycles. The lowest BCUT2D eigenvalue weighted by molar-refractivity contribution is -0.0505. The minimum atomic E-state index is -2.74. The number of hydrogen-bond donors (Lipinski definition) is 0. The van der Waals surface area contributed by atoms with Gasteiger partial charge in [-0.05, 0) is 110 Å². The second-order valence-electron chi connectivity index (χ2n) is 10.5. The van der Waals surface area contributed by atoms with E-state index in [9.17, 15) is 17.6 Å². The van der Waals surface area contributed by atoms with Gasteiger partial charge in [-0.3, -0.25) is 0 Å². The molecule has 0 bridgehead atoms. The minimum absolute atomic E-state index is 0.246. The van der Waals surface area contributed by atoms with Crippen molar-refractivity contribution < 1.29 is 27.0 Å². The summed E-state index contributed by atoms with van der Waals surface area (Å²) in [6.07, 6.45) is 13.9. The van der Waals surface area contributed by atoms with Crippen molar-refractivity contribution in [2.45, 2.75) is 110 Å². The molecule has 2 aromatic rings. The van der Waals surface area contributed by atoms with Crippen molar-refractivity contribution in [2.75, 3.05) is 0 Å². The van der Waals surface area contributed by atoms with Crippen LogP contribution < -0.4 is 9.47 Å². The van der Waals surface area contributed by atoms with E-state index in [4.69, 9.17) is 0 Å². The summed E-state index contributed by atoms with van der Waals surface area (Å²) in [6, 6.07) is 14.3. The topological polar surface area (TPSA) is 18.5 Å². The van der Waals surface area contributed by atoms with E-state index in [0.717, 1.165) is 11.8 Å². The Hall–Kier alpha value is -2.24. The number of alkyl halides is 4. The van der Waals surface area contributed by atoms with E-state index in [-0.39, 0.29) is 11.5 Å². The average Bonchev–Trinajstić information content (AvgIpc) is 2.90. The standard InChI is InChI=1S/C16H22F2O.C15H20F2O/c1-2-3-12-4-6-13(7-5-12)14-8-10-15(11-9-14)19-16(17)18;1-2-11-3-5-12(6-4-11)13-7-9-14(10-8-13)18-15(16)17/h8-13,16H,2-7H2,1H3;7-12,15H,2-6H2,1H3/t12-,13-;11-,12-. The normalized spacial score (nSPS) is 23.9. The first-order chi connectivity index (χ1) is 17.9. The molecule has 0 radical (unpaired) electrons. The number of halogens is 4. The molecule has 0 saturated heterocycles. The van der Waals surface area contributed by atoms with Gasteiger partial charge in [-0.25, -0.2) is 0 Å². The maximum atomic E-state index is 12.1. The monoisotopic (exact) mass is 522 g/mol. The number of ether oxygens (including phenoxy) is 2. The van der Waals surface area contributed by atoms with Crippen molar-refractivity contribution in [3.63, 3.8) is 0 Å². The fourth-order valence-corrected chi connectivity index (χ4v) is 5.94. The molecule has 0 heterocycles. The van der Waals surface area contributed by atoms with Crippen molar-refractivity contribution in [1.82, 2.24) is 0 Å². The van der Waals surface area contributed by atoms with Crippen LogP contribution in [0.25, 0.3) is 0 Å². The SMILES string of the molecule is CCC[C@H]1CC[C@H](c2ccc(OC(F)F)cc2)CC1.CC[C@H]1CC[C@H](c2ccc(OC(F)F)cc2)CC1. The van der Waals surface area contributed by atoms with Crippen LogP contribution in [0.15, 0.2) is 48.5 Å². The van der Waals surface area contributed by atoms with Crippen molar-refractivity contribution in [1.29, 1.82) is 0 Å². The van der Waals surface area contributed by atoms with E-state index < -0.39 is 13.2 Å². The third kappa shape index (κ3) is 9.86. The number of hydrogen-bond acceptors (Lipinski definition) is 2. The molecule has 2 aromatic carbocycles. The highest BCUT2D eigenvalue weighted by Crippen LogP contribution is 2.38. The lowest BCUT2D eigenvalue weighted by Crippen LogP contribution is -2.13. The molecule has 0 spiro atoms. The molecule has 0 N–H and O–H groups in total. The van der Waals surface area contributed by atoms with Crippen LogP contribution in [0.3, 0.4) is 0 Å². The highest BCUT2D eigenvalue weighted by Gasteiger charge is 2.22. The summed E-state index contributed by atoms with van der Waals surface area (Å²) in [4.78, 5) is 0.